The molecule has 2 aliphatic rings. The molecule has 30 heavy (non-hydrogen) atoms. The van der Waals surface area contributed by atoms with Gasteiger partial charge in [-0.05, 0) is 43.4 Å². The van der Waals surface area contributed by atoms with E-state index in [1.165, 1.54) is 23.8 Å². The summed E-state index contributed by atoms with van der Waals surface area (Å²) in [6.07, 6.45) is 3.31. The SMILES string of the molecule is C=C(C)[C@H]1CN2CCc3c([nH]c4cccc(OC)c34)[C@@H]2C[C@@H]1/C(=C\OC)C(=O)OC. The fraction of sp³-hybridized carbons (Fsp3) is 0.458. The van der Waals surface area contributed by atoms with Crippen LogP contribution in [0.4, 0.5) is 0 Å². The van der Waals surface area contributed by atoms with Crippen molar-refractivity contribution in [2.75, 3.05) is 34.4 Å². The zero-order valence-electron chi connectivity index (χ0n) is 18.2. The van der Waals surface area contributed by atoms with Crippen molar-refractivity contribution in [3.63, 3.8) is 0 Å². The number of nitrogens with one attached hydrogen (secondary N) is 1. The number of hydrogen-bond donors (Lipinski definition) is 1. The number of fused-ring (bicyclic) bond motifs is 5. The molecule has 2 aliphatic heterocycles. The number of piperidine rings is 1. The summed E-state index contributed by atoms with van der Waals surface area (Å²) < 4.78 is 16.0. The van der Waals surface area contributed by atoms with Crippen molar-refractivity contribution < 1.29 is 19.0 Å². The van der Waals surface area contributed by atoms with E-state index in [1.807, 2.05) is 19.1 Å². The minimum Gasteiger partial charge on any atom is -0.504 e. The van der Waals surface area contributed by atoms with Gasteiger partial charge < -0.3 is 19.2 Å². The molecule has 2 aromatic rings. The molecule has 1 aromatic carbocycles. The summed E-state index contributed by atoms with van der Waals surface area (Å²) in [5.41, 5.74) is 5.31. The lowest BCUT2D eigenvalue weighted by Crippen LogP contribution is -2.47. The molecular weight excluding hydrogens is 380 g/mol. The number of rotatable bonds is 5. The minimum atomic E-state index is -0.337. The van der Waals surface area contributed by atoms with Crippen LogP contribution in [0.5, 0.6) is 5.75 Å². The summed E-state index contributed by atoms with van der Waals surface area (Å²) >= 11 is 0. The lowest BCUT2D eigenvalue weighted by molar-refractivity contribution is -0.137. The highest BCUT2D eigenvalue weighted by Crippen LogP contribution is 2.47. The van der Waals surface area contributed by atoms with Gasteiger partial charge in [-0.15, -0.1) is 0 Å². The van der Waals surface area contributed by atoms with E-state index >= 15 is 0 Å². The van der Waals surface area contributed by atoms with Crippen molar-refractivity contribution >= 4 is 16.9 Å². The van der Waals surface area contributed by atoms with Crippen LogP contribution in [-0.4, -0.2) is 50.3 Å². The smallest absolute Gasteiger partial charge is 0.337 e. The summed E-state index contributed by atoms with van der Waals surface area (Å²) in [6, 6.07) is 6.32. The Bertz CT molecular complexity index is 1010. The number of ether oxygens (including phenoxy) is 3. The molecule has 1 fully saturated rings. The Labute approximate surface area is 177 Å². The number of aromatic amines is 1. The number of hydrogen-bond acceptors (Lipinski definition) is 5. The van der Waals surface area contributed by atoms with E-state index in [4.69, 9.17) is 14.2 Å². The van der Waals surface area contributed by atoms with E-state index in [1.54, 1.807) is 20.5 Å². The third kappa shape index (κ3) is 3.29. The van der Waals surface area contributed by atoms with Crippen molar-refractivity contribution in [2.24, 2.45) is 11.8 Å². The van der Waals surface area contributed by atoms with Gasteiger partial charge in [-0.3, -0.25) is 4.90 Å². The Morgan fingerprint density at radius 3 is 2.73 bits per heavy atom. The summed E-state index contributed by atoms with van der Waals surface area (Å²) in [7, 11) is 4.70. The van der Waals surface area contributed by atoms with Gasteiger partial charge in [0.1, 0.15) is 5.75 Å². The number of nitrogens with zero attached hydrogens (tertiary/aromatic N) is 1. The van der Waals surface area contributed by atoms with Gasteiger partial charge in [0.25, 0.3) is 0 Å². The quantitative estimate of drug-likeness (QED) is 0.349. The Hall–Kier alpha value is -2.73. The molecule has 0 saturated carbocycles. The first-order valence-electron chi connectivity index (χ1n) is 10.4. The highest BCUT2D eigenvalue weighted by Gasteiger charge is 2.43. The maximum Gasteiger partial charge on any atom is 0.337 e. The van der Waals surface area contributed by atoms with E-state index < -0.39 is 0 Å². The van der Waals surface area contributed by atoms with Crippen LogP contribution in [-0.2, 0) is 20.7 Å². The largest absolute Gasteiger partial charge is 0.504 e. The number of esters is 1. The first kappa shape index (κ1) is 20.5. The van der Waals surface area contributed by atoms with E-state index in [0.717, 1.165) is 42.8 Å². The molecule has 1 saturated heterocycles. The van der Waals surface area contributed by atoms with Gasteiger partial charge in [0, 0.05) is 35.6 Å². The molecule has 0 bridgehead atoms. The van der Waals surface area contributed by atoms with Gasteiger partial charge in [0.15, 0.2) is 0 Å². The predicted octanol–water partition coefficient (Wildman–Crippen LogP) is 3.99. The van der Waals surface area contributed by atoms with Crippen molar-refractivity contribution in [2.45, 2.75) is 25.8 Å². The number of aromatic nitrogens is 1. The normalized spacial score (nSPS) is 24.1. The van der Waals surface area contributed by atoms with Crippen LogP contribution in [0.3, 0.4) is 0 Å². The number of carbonyl (C=O) groups excluding carboxylic acids is 1. The third-order valence-corrected chi connectivity index (χ3v) is 6.66. The van der Waals surface area contributed by atoms with Crippen LogP contribution in [0.25, 0.3) is 10.9 Å². The molecule has 160 valence electrons. The molecule has 3 atom stereocenters. The van der Waals surface area contributed by atoms with Gasteiger partial charge in [-0.1, -0.05) is 18.2 Å². The van der Waals surface area contributed by atoms with Crippen molar-refractivity contribution in [3.05, 3.63) is 53.4 Å². The number of methoxy groups -OCH3 is 3. The van der Waals surface area contributed by atoms with Crippen LogP contribution in [0.1, 0.15) is 30.6 Å². The highest BCUT2D eigenvalue weighted by molar-refractivity contribution is 5.91. The summed E-state index contributed by atoms with van der Waals surface area (Å²) in [5.74, 6) is 0.716. The zero-order valence-corrected chi connectivity index (χ0v) is 18.2. The predicted molar refractivity (Wildman–Crippen MR) is 116 cm³/mol. The maximum absolute atomic E-state index is 12.6. The Morgan fingerprint density at radius 1 is 1.27 bits per heavy atom. The molecule has 0 unspecified atom stereocenters. The first-order valence-corrected chi connectivity index (χ1v) is 10.4. The molecule has 6 heteroatoms. The average Bonchev–Trinajstić information content (AvgIpc) is 3.15. The van der Waals surface area contributed by atoms with Gasteiger partial charge in [-0.25, -0.2) is 4.79 Å². The molecule has 0 aliphatic carbocycles. The second kappa shape index (κ2) is 8.19. The maximum atomic E-state index is 12.6. The first-order chi connectivity index (χ1) is 14.5. The number of carbonyl (C=O) groups is 1. The summed E-state index contributed by atoms with van der Waals surface area (Å²) in [5, 5.41) is 1.17. The lowest BCUT2D eigenvalue weighted by Gasteiger charge is -2.46. The lowest BCUT2D eigenvalue weighted by atomic mass is 9.72. The van der Waals surface area contributed by atoms with Crippen molar-refractivity contribution in [3.8, 4) is 5.75 Å². The van der Waals surface area contributed by atoms with E-state index in [9.17, 15) is 4.79 Å². The summed E-state index contributed by atoms with van der Waals surface area (Å²) in [6.45, 7) is 8.10. The monoisotopic (exact) mass is 410 g/mol. The van der Waals surface area contributed by atoms with Crippen LogP contribution in [0, 0.1) is 11.8 Å². The average molecular weight is 411 g/mol. The fourth-order valence-corrected chi connectivity index (χ4v) is 5.25. The number of benzene rings is 1. The topological polar surface area (TPSA) is 63.8 Å². The second-order valence-electron chi connectivity index (χ2n) is 8.26. The van der Waals surface area contributed by atoms with E-state index in [0.29, 0.717) is 5.57 Å². The molecule has 6 nitrogen and oxygen atoms in total. The fourth-order valence-electron chi connectivity index (χ4n) is 5.25. The van der Waals surface area contributed by atoms with E-state index in [-0.39, 0.29) is 23.8 Å². The summed E-state index contributed by atoms with van der Waals surface area (Å²) in [4.78, 5) is 18.7. The molecule has 3 heterocycles. The molecule has 0 spiro atoms. The zero-order chi connectivity index (χ0) is 21.4. The Morgan fingerprint density at radius 2 is 2.07 bits per heavy atom. The van der Waals surface area contributed by atoms with Crippen LogP contribution < -0.4 is 4.74 Å². The molecule has 0 amide bonds. The Balaban J connectivity index is 1.78. The van der Waals surface area contributed by atoms with Crippen molar-refractivity contribution in [1.29, 1.82) is 0 Å². The van der Waals surface area contributed by atoms with Crippen LogP contribution >= 0.6 is 0 Å². The van der Waals surface area contributed by atoms with E-state index in [2.05, 4.69) is 22.5 Å². The standard InChI is InChI=1S/C24H30N2O4/c1-14(2)17-12-26-10-9-15-22-19(7-6-8-21(22)29-4)25-23(15)20(26)11-16(17)18(13-28-3)24(27)30-5/h6-8,13,16-17,20,25H,1,9-12H2,2-5H3/b18-13+/t16-,17+,20-/m0/s1. The highest BCUT2D eigenvalue weighted by atomic mass is 16.5. The van der Waals surface area contributed by atoms with Gasteiger partial charge in [0.2, 0.25) is 0 Å². The van der Waals surface area contributed by atoms with Gasteiger partial charge >= 0.3 is 5.97 Å². The second-order valence-corrected chi connectivity index (χ2v) is 8.26. The molecule has 4 rings (SSSR count). The minimum absolute atomic E-state index is 0.0181. The molecule has 1 aromatic heterocycles. The van der Waals surface area contributed by atoms with Crippen LogP contribution in [0.15, 0.2) is 42.2 Å². The van der Waals surface area contributed by atoms with Crippen LogP contribution in [0.2, 0.25) is 0 Å². The van der Waals surface area contributed by atoms with Gasteiger partial charge in [-0.2, -0.15) is 0 Å². The van der Waals surface area contributed by atoms with Crippen molar-refractivity contribution in [1.82, 2.24) is 9.88 Å². The Kier molecular flexibility index (Phi) is 5.60. The molecule has 0 radical (unpaired) electrons. The number of H-pyrrole nitrogens is 1. The molecule has 1 N–H and O–H groups in total. The third-order valence-electron chi connectivity index (χ3n) is 6.66. The van der Waals surface area contributed by atoms with Gasteiger partial charge in [0.05, 0.1) is 39.2 Å². The molecular formula is C24H30N2O4.